The predicted molar refractivity (Wildman–Crippen MR) is 96.6 cm³/mol. The molecule has 2 N–H and O–H groups in total. The molecule has 1 unspecified atom stereocenters. The highest BCUT2D eigenvalue weighted by Crippen LogP contribution is 2.14. The minimum absolute atomic E-state index is 0. The van der Waals surface area contributed by atoms with Gasteiger partial charge in [-0.3, -0.25) is 14.6 Å². The van der Waals surface area contributed by atoms with Crippen molar-refractivity contribution in [3.63, 3.8) is 0 Å². The minimum Gasteiger partial charge on any atom is -0.325 e. The van der Waals surface area contributed by atoms with Crippen LogP contribution in [0.25, 0.3) is 0 Å². The van der Waals surface area contributed by atoms with Crippen LogP contribution in [0.3, 0.4) is 0 Å². The number of piperazine rings is 1. The fourth-order valence-electron chi connectivity index (χ4n) is 3.17. The van der Waals surface area contributed by atoms with Crippen molar-refractivity contribution in [3.05, 3.63) is 29.3 Å². The fourth-order valence-corrected chi connectivity index (χ4v) is 3.30. The Morgan fingerprint density at radius 3 is 2.52 bits per heavy atom. The van der Waals surface area contributed by atoms with Crippen molar-refractivity contribution in [1.82, 2.24) is 15.1 Å². The molecule has 0 aromatic heterocycles. The summed E-state index contributed by atoms with van der Waals surface area (Å²) in [5.74, 6) is 0.0401. The Kier molecular flexibility index (Phi) is 7.11. The lowest BCUT2D eigenvalue weighted by molar-refractivity contribution is -0.117. The van der Waals surface area contributed by atoms with Gasteiger partial charge >= 0.3 is 0 Å². The summed E-state index contributed by atoms with van der Waals surface area (Å²) in [7, 11) is 0. The number of nitrogens with zero attached hydrogens (tertiary/aromatic N) is 2. The van der Waals surface area contributed by atoms with Crippen LogP contribution < -0.4 is 10.6 Å². The molecule has 3 rings (SSSR count). The van der Waals surface area contributed by atoms with Crippen LogP contribution in [0, 0.1) is 0 Å². The maximum Gasteiger partial charge on any atom is 0.238 e. The molecule has 2 aliphatic rings. The first kappa shape index (κ1) is 18.5. The molecule has 0 spiro atoms. The number of carbonyl (C=O) groups excluding carboxylic acids is 1. The van der Waals surface area contributed by atoms with E-state index < -0.39 is 0 Å². The zero-order chi connectivity index (χ0) is 15.4. The lowest BCUT2D eigenvalue weighted by atomic mass is 10.2. The van der Waals surface area contributed by atoms with E-state index >= 15 is 0 Å². The van der Waals surface area contributed by atoms with Crippen LogP contribution in [-0.2, 0) is 4.79 Å². The number of rotatable bonds is 4. The average Bonchev–Trinajstić information content (AvgIpc) is 3.05. The molecule has 5 nitrogen and oxygen atoms in total. The Labute approximate surface area is 148 Å². The van der Waals surface area contributed by atoms with Crippen LogP contribution in [-0.4, -0.2) is 67.6 Å². The molecular weight excluding hydrogens is 335 g/mol. The van der Waals surface area contributed by atoms with Crippen molar-refractivity contribution in [2.45, 2.75) is 12.5 Å². The molecule has 2 fully saturated rings. The van der Waals surface area contributed by atoms with Gasteiger partial charge in [-0.05, 0) is 37.2 Å². The van der Waals surface area contributed by atoms with Gasteiger partial charge in [-0.1, -0.05) is 11.6 Å². The van der Waals surface area contributed by atoms with Crippen LogP contribution in [0.5, 0.6) is 0 Å². The van der Waals surface area contributed by atoms with Gasteiger partial charge in [-0.2, -0.15) is 0 Å². The third-order valence-electron chi connectivity index (χ3n) is 4.45. The van der Waals surface area contributed by atoms with Crippen molar-refractivity contribution < 1.29 is 4.79 Å². The van der Waals surface area contributed by atoms with Gasteiger partial charge in [0.25, 0.3) is 0 Å². The second-order valence-electron chi connectivity index (χ2n) is 6.01. The van der Waals surface area contributed by atoms with E-state index in [9.17, 15) is 4.79 Å². The van der Waals surface area contributed by atoms with Crippen molar-refractivity contribution in [2.75, 3.05) is 51.1 Å². The van der Waals surface area contributed by atoms with Gasteiger partial charge in [-0.25, -0.2) is 0 Å². The quantitative estimate of drug-likeness (QED) is 0.859. The molecule has 7 heteroatoms. The lowest BCUT2D eigenvalue weighted by Crippen LogP contribution is -2.52. The van der Waals surface area contributed by atoms with Gasteiger partial charge in [0.1, 0.15) is 0 Å². The Morgan fingerprint density at radius 2 is 1.91 bits per heavy atom. The molecular formula is C16H24Cl2N4O. The smallest absolute Gasteiger partial charge is 0.238 e. The Bertz CT molecular complexity index is 497. The summed E-state index contributed by atoms with van der Waals surface area (Å²) < 4.78 is 0. The van der Waals surface area contributed by atoms with Gasteiger partial charge in [0.2, 0.25) is 5.91 Å². The van der Waals surface area contributed by atoms with E-state index in [2.05, 4.69) is 20.4 Å². The third kappa shape index (κ3) is 5.33. The molecule has 1 atom stereocenters. The molecule has 2 heterocycles. The first-order valence-electron chi connectivity index (χ1n) is 7.93. The number of nitrogens with one attached hydrogen (secondary N) is 2. The van der Waals surface area contributed by atoms with E-state index in [4.69, 9.17) is 11.6 Å². The fraction of sp³-hybridized carbons (Fsp3) is 0.562. The number of anilines is 1. The predicted octanol–water partition coefficient (Wildman–Crippen LogP) is 1.68. The number of amides is 1. The molecule has 0 aliphatic carbocycles. The number of carbonyl (C=O) groups is 1. The summed E-state index contributed by atoms with van der Waals surface area (Å²) in [6.45, 7) is 6.74. The molecule has 1 amide bonds. The molecule has 2 aliphatic heterocycles. The highest BCUT2D eigenvalue weighted by Gasteiger charge is 2.26. The van der Waals surface area contributed by atoms with E-state index in [1.807, 2.05) is 12.1 Å². The Morgan fingerprint density at radius 1 is 1.22 bits per heavy atom. The van der Waals surface area contributed by atoms with Crippen molar-refractivity contribution >= 4 is 35.6 Å². The first-order valence-corrected chi connectivity index (χ1v) is 8.31. The van der Waals surface area contributed by atoms with E-state index in [0.717, 1.165) is 45.0 Å². The van der Waals surface area contributed by atoms with E-state index in [0.29, 0.717) is 17.6 Å². The van der Waals surface area contributed by atoms with E-state index in [1.54, 1.807) is 12.1 Å². The van der Waals surface area contributed by atoms with Crippen LogP contribution in [0.15, 0.2) is 24.3 Å². The molecule has 23 heavy (non-hydrogen) atoms. The SMILES string of the molecule is Cl.O=C(CN1CCN(C2CCNC2)CC1)Nc1ccc(Cl)cc1. The second kappa shape index (κ2) is 8.85. The Balaban J connectivity index is 0.00000192. The first-order chi connectivity index (χ1) is 10.7. The molecule has 128 valence electrons. The number of hydrogen-bond donors (Lipinski definition) is 2. The van der Waals surface area contributed by atoms with Gasteiger partial charge in [0.15, 0.2) is 0 Å². The summed E-state index contributed by atoms with van der Waals surface area (Å²) in [5, 5.41) is 7.01. The molecule has 1 aromatic carbocycles. The van der Waals surface area contributed by atoms with Crippen LogP contribution in [0.2, 0.25) is 5.02 Å². The average molecular weight is 359 g/mol. The van der Waals surface area contributed by atoms with Crippen molar-refractivity contribution in [1.29, 1.82) is 0 Å². The normalized spacial score (nSPS) is 22.6. The van der Waals surface area contributed by atoms with Gasteiger partial charge in [-0.15, -0.1) is 12.4 Å². The van der Waals surface area contributed by atoms with Crippen LogP contribution in [0.4, 0.5) is 5.69 Å². The van der Waals surface area contributed by atoms with Crippen LogP contribution in [0.1, 0.15) is 6.42 Å². The summed E-state index contributed by atoms with van der Waals surface area (Å²) in [4.78, 5) is 16.9. The lowest BCUT2D eigenvalue weighted by Gasteiger charge is -2.37. The zero-order valence-electron chi connectivity index (χ0n) is 13.1. The topological polar surface area (TPSA) is 47.6 Å². The highest BCUT2D eigenvalue weighted by atomic mass is 35.5. The molecule has 1 aromatic rings. The number of hydrogen-bond acceptors (Lipinski definition) is 4. The second-order valence-corrected chi connectivity index (χ2v) is 6.45. The maximum absolute atomic E-state index is 12.1. The van der Waals surface area contributed by atoms with Crippen LogP contribution >= 0.6 is 24.0 Å². The third-order valence-corrected chi connectivity index (χ3v) is 4.70. The number of benzene rings is 1. The standard InChI is InChI=1S/C16H23ClN4O.ClH/c17-13-1-3-14(4-2-13)19-16(22)12-20-7-9-21(10-8-20)15-5-6-18-11-15;/h1-4,15,18H,5-12H2,(H,19,22);1H. The molecule has 2 saturated heterocycles. The molecule has 0 saturated carbocycles. The summed E-state index contributed by atoms with van der Waals surface area (Å²) in [6.07, 6.45) is 1.25. The monoisotopic (exact) mass is 358 g/mol. The highest BCUT2D eigenvalue weighted by molar-refractivity contribution is 6.30. The largest absolute Gasteiger partial charge is 0.325 e. The Hall–Kier alpha value is -0.850. The van der Waals surface area contributed by atoms with Gasteiger partial charge in [0.05, 0.1) is 6.54 Å². The van der Waals surface area contributed by atoms with E-state index in [1.165, 1.54) is 6.42 Å². The molecule has 0 radical (unpaired) electrons. The number of halogens is 2. The minimum atomic E-state index is 0. The van der Waals surface area contributed by atoms with Crippen molar-refractivity contribution in [3.8, 4) is 0 Å². The van der Waals surface area contributed by atoms with Crippen molar-refractivity contribution in [2.24, 2.45) is 0 Å². The zero-order valence-corrected chi connectivity index (χ0v) is 14.7. The van der Waals surface area contributed by atoms with Gasteiger partial charge < -0.3 is 10.6 Å². The molecule has 0 bridgehead atoms. The summed E-state index contributed by atoms with van der Waals surface area (Å²) in [5.41, 5.74) is 0.796. The summed E-state index contributed by atoms with van der Waals surface area (Å²) >= 11 is 5.84. The summed E-state index contributed by atoms with van der Waals surface area (Å²) in [6, 6.07) is 7.90. The van der Waals surface area contributed by atoms with E-state index in [-0.39, 0.29) is 18.3 Å². The van der Waals surface area contributed by atoms with Gasteiger partial charge in [0, 0.05) is 49.5 Å². The maximum atomic E-state index is 12.1.